The third kappa shape index (κ3) is 4.37. The van der Waals surface area contributed by atoms with Gasteiger partial charge in [0, 0.05) is 29.7 Å². The molecule has 30 heavy (non-hydrogen) atoms. The number of carbonyl (C=O) groups excluding carboxylic acids is 1. The quantitative estimate of drug-likeness (QED) is 0.622. The highest BCUT2D eigenvalue weighted by atomic mass is 35.5. The van der Waals surface area contributed by atoms with Crippen molar-refractivity contribution in [1.82, 2.24) is 13.9 Å². The van der Waals surface area contributed by atoms with Crippen molar-refractivity contribution in [2.24, 2.45) is 0 Å². The molecule has 1 saturated heterocycles. The van der Waals surface area contributed by atoms with E-state index in [-0.39, 0.29) is 28.6 Å². The number of amides is 1. The van der Waals surface area contributed by atoms with Crippen LogP contribution in [0.1, 0.15) is 10.4 Å². The second kappa shape index (κ2) is 8.78. The second-order valence-electron chi connectivity index (χ2n) is 6.48. The molecule has 0 saturated carbocycles. The van der Waals surface area contributed by atoms with Gasteiger partial charge >= 0.3 is 0 Å². The summed E-state index contributed by atoms with van der Waals surface area (Å²) in [6, 6.07) is 11.2. The smallest absolute Gasteiger partial charge is 0.257 e. The van der Waals surface area contributed by atoms with Crippen LogP contribution in [0.25, 0.3) is 11.3 Å². The fourth-order valence-electron chi connectivity index (χ4n) is 2.99. The van der Waals surface area contributed by atoms with Crippen LogP contribution in [-0.2, 0) is 14.8 Å². The maximum Gasteiger partial charge on any atom is 0.257 e. The number of hydrogen-bond donors (Lipinski definition) is 1. The Bertz CT molecular complexity index is 1150. The maximum atomic E-state index is 12.9. The van der Waals surface area contributed by atoms with Gasteiger partial charge in [0.25, 0.3) is 5.91 Å². The second-order valence-corrected chi connectivity index (χ2v) is 9.43. The van der Waals surface area contributed by atoms with Crippen molar-refractivity contribution in [3.63, 3.8) is 0 Å². The minimum Gasteiger partial charge on any atom is -0.379 e. The Hall–Kier alpha value is -2.37. The van der Waals surface area contributed by atoms with E-state index in [1.165, 1.54) is 34.0 Å². The van der Waals surface area contributed by atoms with E-state index in [9.17, 15) is 13.2 Å². The molecule has 1 aliphatic heterocycles. The fourth-order valence-corrected chi connectivity index (χ4v) is 5.09. The number of morpholine rings is 1. The van der Waals surface area contributed by atoms with E-state index in [0.717, 1.165) is 11.3 Å². The number of ether oxygens (including phenoxy) is 1. The summed E-state index contributed by atoms with van der Waals surface area (Å²) in [6.45, 7) is 1.22. The van der Waals surface area contributed by atoms with Crippen molar-refractivity contribution in [2.75, 3.05) is 31.6 Å². The molecule has 1 aromatic heterocycles. The first kappa shape index (κ1) is 20.9. The van der Waals surface area contributed by atoms with Crippen LogP contribution in [0.5, 0.6) is 0 Å². The number of nitrogens with zero attached hydrogens (tertiary/aromatic N) is 3. The molecule has 0 atom stereocenters. The number of nitrogens with one attached hydrogen (secondary N) is 1. The number of sulfonamides is 1. The summed E-state index contributed by atoms with van der Waals surface area (Å²) in [5.41, 5.74) is 2.25. The molecule has 0 aliphatic carbocycles. The lowest BCUT2D eigenvalue weighted by molar-refractivity contribution is 0.0730. The van der Waals surface area contributed by atoms with Crippen LogP contribution in [0.15, 0.2) is 52.7 Å². The lowest BCUT2D eigenvalue weighted by Crippen LogP contribution is -2.40. The molecule has 1 amide bonds. The van der Waals surface area contributed by atoms with Gasteiger partial charge in [-0.2, -0.15) is 4.31 Å². The molecular weight excluding hydrogens is 448 g/mol. The van der Waals surface area contributed by atoms with Crippen LogP contribution < -0.4 is 5.32 Å². The average Bonchev–Trinajstić information content (AvgIpc) is 3.30. The lowest BCUT2D eigenvalue weighted by atomic mass is 10.1. The van der Waals surface area contributed by atoms with Gasteiger partial charge in [0.05, 0.1) is 28.7 Å². The predicted octanol–water partition coefficient (Wildman–Crippen LogP) is 3.13. The molecule has 156 valence electrons. The van der Waals surface area contributed by atoms with E-state index in [1.54, 1.807) is 12.1 Å². The van der Waals surface area contributed by atoms with E-state index >= 15 is 0 Å². The molecule has 1 fully saturated rings. The molecule has 1 aliphatic rings. The highest BCUT2D eigenvalue weighted by molar-refractivity contribution is 7.89. The standard InChI is InChI=1S/C19H17ClN4O4S2/c20-17-6-5-15(30(26,27)24-7-9-28-10-8-24)11-16(17)19(25)21-14-3-1-13(2-4-14)18-12-29-23-22-18/h1-6,11-12H,7-10H2,(H,21,25). The Morgan fingerprint density at radius 1 is 1.13 bits per heavy atom. The zero-order valence-electron chi connectivity index (χ0n) is 15.6. The van der Waals surface area contributed by atoms with Gasteiger partial charge in [0.2, 0.25) is 10.0 Å². The van der Waals surface area contributed by atoms with Crippen molar-refractivity contribution in [3.8, 4) is 11.3 Å². The van der Waals surface area contributed by atoms with Crippen molar-refractivity contribution in [1.29, 1.82) is 0 Å². The minimum absolute atomic E-state index is 0.0188. The van der Waals surface area contributed by atoms with Crippen LogP contribution in [-0.4, -0.2) is 54.5 Å². The highest BCUT2D eigenvalue weighted by Crippen LogP contribution is 2.25. The van der Waals surface area contributed by atoms with E-state index in [1.807, 2.05) is 17.5 Å². The Morgan fingerprint density at radius 3 is 2.53 bits per heavy atom. The van der Waals surface area contributed by atoms with Crippen molar-refractivity contribution < 1.29 is 17.9 Å². The van der Waals surface area contributed by atoms with Crippen LogP contribution in [0.3, 0.4) is 0 Å². The van der Waals surface area contributed by atoms with Gasteiger partial charge < -0.3 is 10.1 Å². The molecule has 1 N–H and O–H groups in total. The zero-order valence-corrected chi connectivity index (χ0v) is 18.0. The maximum absolute atomic E-state index is 12.9. The summed E-state index contributed by atoms with van der Waals surface area (Å²) in [7, 11) is -3.74. The van der Waals surface area contributed by atoms with Crippen LogP contribution in [0, 0.1) is 0 Å². The monoisotopic (exact) mass is 464 g/mol. The number of halogens is 1. The Morgan fingerprint density at radius 2 is 1.87 bits per heavy atom. The van der Waals surface area contributed by atoms with Crippen LogP contribution in [0.4, 0.5) is 5.69 Å². The van der Waals surface area contributed by atoms with Gasteiger partial charge in [-0.25, -0.2) is 8.42 Å². The van der Waals surface area contributed by atoms with Gasteiger partial charge in [0.1, 0.15) is 5.69 Å². The fraction of sp³-hybridized carbons (Fsp3) is 0.211. The first-order valence-corrected chi connectivity index (χ1v) is 11.7. The molecule has 2 heterocycles. The summed E-state index contributed by atoms with van der Waals surface area (Å²) >= 11 is 7.44. The molecule has 4 rings (SSSR count). The minimum atomic E-state index is -3.74. The summed E-state index contributed by atoms with van der Waals surface area (Å²) in [6.07, 6.45) is 0. The van der Waals surface area contributed by atoms with Crippen LogP contribution in [0.2, 0.25) is 5.02 Å². The Kier molecular flexibility index (Phi) is 6.11. The number of benzene rings is 2. The Balaban J connectivity index is 1.54. The molecule has 3 aromatic rings. The van der Waals surface area contributed by atoms with Gasteiger partial charge in [0.15, 0.2) is 0 Å². The Labute approximate surface area is 182 Å². The molecule has 0 bridgehead atoms. The molecule has 0 radical (unpaired) electrons. The van der Waals surface area contributed by atoms with E-state index < -0.39 is 15.9 Å². The van der Waals surface area contributed by atoms with Crippen molar-refractivity contribution in [2.45, 2.75) is 4.90 Å². The summed E-state index contributed by atoms with van der Waals surface area (Å²) in [4.78, 5) is 12.8. The number of rotatable bonds is 5. The molecule has 0 spiro atoms. The summed E-state index contributed by atoms with van der Waals surface area (Å²) in [5.74, 6) is -0.498. The predicted molar refractivity (Wildman–Crippen MR) is 114 cm³/mol. The summed E-state index contributed by atoms with van der Waals surface area (Å²) < 4.78 is 36.1. The van der Waals surface area contributed by atoms with Crippen molar-refractivity contribution in [3.05, 3.63) is 58.4 Å². The average molecular weight is 465 g/mol. The van der Waals surface area contributed by atoms with Gasteiger partial charge in [-0.1, -0.05) is 28.2 Å². The number of hydrogen-bond acceptors (Lipinski definition) is 7. The largest absolute Gasteiger partial charge is 0.379 e. The first-order valence-electron chi connectivity index (χ1n) is 9.01. The third-order valence-corrected chi connectivity index (χ3v) is 7.32. The molecular formula is C19H17ClN4O4S2. The molecule has 8 nitrogen and oxygen atoms in total. The number of anilines is 1. The van der Waals surface area contributed by atoms with E-state index in [0.29, 0.717) is 18.9 Å². The van der Waals surface area contributed by atoms with Gasteiger partial charge in [-0.15, -0.1) is 5.10 Å². The van der Waals surface area contributed by atoms with E-state index in [2.05, 4.69) is 14.9 Å². The summed E-state index contributed by atoms with van der Waals surface area (Å²) in [5, 5.41) is 8.74. The highest BCUT2D eigenvalue weighted by Gasteiger charge is 2.27. The molecule has 0 unspecified atom stereocenters. The van der Waals surface area contributed by atoms with Crippen LogP contribution >= 0.6 is 23.1 Å². The molecule has 11 heteroatoms. The lowest BCUT2D eigenvalue weighted by Gasteiger charge is -2.26. The van der Waals surface area contributed by atoms with E-state index in [4.69, 9.17) is 16.3 Å². The zero-order chi connectivity index (χ0) is 21.1. The van der Waals surface area contributed by atoms with Gasteiger partial charge in [-0.3, -0.25) is 4.79 Å². The topological polar surface area (TPSA) is 101 Å². The number of aromatic nitrogens is 2. The van der Waals surface area contributed by atoms with Gasteiger partial charge in [-0.05, 0) is 41.9 Å². The SMILES string of the molecule is O=C(Nc1ccc(-c2csnn2)cc1)c1cc(S(=O)(=O)N2CCOCC2)ccc1Cl. The number of carbonyl (C=O) groups is 1. The third-order valence-electron chi connectivity index (χ3n) is 4.59. The first-order chi connectivity index (χ1) is 14.4. The van der Waals surface area contributed by atoms with Crippen molar-refractivity contribution >= 4 is 44.8 Å². The normalized spacial score (nSPS) is 15.1. The molecule has 2 aromatic carbocycles.